The Labute approximate surface area is 123 Å². The zero-order valence-electron chi connectivity index (χ0n) is 12.1. The number of nitrogen functional groups attached to an aromatic ring is 1. The highest BCUT2D eigenvalue weighted by Gasteiger charge is 2.28. The van der Waals surface area contributed by atoms with Gasteiger partial charge in [0.05, 0.1) is 5.56 Å². The van der Waals surface area contributed by atoms with Crippen LogP contribution in [0.1, 0.15) is 30.1 Å². The lowest BCUT2D eigenvalue weighted by atomic mass is 9.95. The van der Waals surface area contributed by atoms with Crippen LogP contribution in [0, 0.1) is 11.7 Å². The molecule has 0 aromatic heterocycles. The highest BCUT2D eigenvalue weighted by atomic mass is 19.1. The summed E-state index contributed by atoms with van der Waals surface area (Å²) in [6.07, 6.45) is 1.28. The summed E-state index contributed by atoms with van der Waals surface area (Å²) in [6, 6.07) is 3.78. The lowest BCUT2D eigenvalue weighted by molar-refractivity contribution is -0.126. The number of halogens is 1. The number of likely N-dealkylation sites (tertiary alicyclic amines) is 1. The van der Waals surface area contributed by atoms with Crippen LogP contribution in [-0.2, 0) is 4.79 Å². The average molecular weight is 293 g/mol. The molecule has 21 heavy (non-hydrogen) atoms. The van der Waals surface area contributed by atoms with Crippen LogP contribution in [0.15, 0.2) is 18.2 Å². The quantitative estimate of drug-likeness (QED) is 0.827. The number of hydrogen-bond donors (Lipinski definition) is 2. The van der Waals surface area contributed by atoms with Gasteiger partial charge in [-0.05, 0) is 38.0 Å². The number of benzene rings is 1. The number of anilines is 1. The van der Waals surface area contributed by atoms with E-state index in [-0.39, 0.29) is 23.4 Å². The Balaban J connectivity index is 1.98. The number of nitrogens with two attached hydrogens (primary N) is 1. The molecule has 0 spiro atoms. The number of piperidine rings is 1. The van der Waals surface area contributed by atoms with E-state index in [0.29, 0.717) is 38.0 Å². The van der Waals surface area contributed by atoms with Gasteiger partial charge in [-0.2, -0.15) is 0 Å². The maximum absolute atomic E-state index is 13.0. The van der Waals surface area contributed by atoms with Crippen LogP contribution < -0.4 is 11.1 Å². The highest BCUT2D eigenvalue weighted by Crippen LogP contribution is 2.21. The molecule has 1 saturated heterocycles. The van der Waals surface area contributed by atoms with Gasteiger partial charge in [0, 0.05) is 31.2 Å². The zero-order chi connectivity index (χ0) is 15.4. The maximum atomic E-state index is 13.0. The molecule has 1 aromatic carbocycles. The van der Waals surface area contributed by atoms with Crippen molar-refractivity contribution >= 4 is 17.5 Å². The molecular weight excluding hydrogens is 273 g/mol. The van der Waals surface area contributed by atoms with Gasteiger partial charge in [-0.25, -0.2) is 4.39 Å². The van der Waals surface area contributed by atoms with Gasteiger partial charge in [0.1, 0.15) is 5.82 Å². The molecule has 0 unspecified atom stereocenters. The lowest BCUT2D eigenvalue weighted by Gasteiger charge is -2.31. The molecule has 6 heteroatoms. The molecule has 3 N–H and O–H groups in total. The summed E-state index contributed by atoms with van der Waals surface area (Å²) >= 11 is 0. The third kappa shape index (κ3) is 3.51. The van der Waals surface area contributed by atoms with Crippen molar-refractivity contribution in [3.8, 4) is 0 Å². The monoisotopic (exact) mass is 293 g/mol. The second-order valence-corrected chi connectivity index (χ2v) is 5.19. The van der Waals surface area contributed by atoms with Crippen LogP contribution in [0.3, 0.4) is 0 Å². The summed E-state index contributed by atoms with van der Waals surface area (Å²) in [4.78, 5) is 25.8. The van der Waals surface area contributed by atoms with Gasteiger partial charge in [-0.15, -0.1) is 0 Å². The number of amides is 2. The molecule has 1 aliphatic heterocycles. The van der Waals surface area contributed by atoms with Gasteiger partial charge in [-0.1, -0.05) is 0 Å². The maximum Gasteiger partial charge on any atom is 0.255 e. The summed E-state index contributed by atoms with van der Waals surface area (Å²) in [5, 5.41) is 2.80. The van der Waals surface area contributed by atoms with Crippen LogP contribution >= 0.6 is 0 Å². The molecule has 1 heterocycles. The van der Waals surface area contributed by atoms with Crippen LogP contribution in [0.5, 0.6) is 0 Å². The van der Waals surface area contributed by atoms with E-state index < -0.39 is 5.82 Å². The minimum Gasteiger partial charge on any atom is -0.398 e. The zero-order valence-corrected chi connectivity index (χ0v) is 12.1. The normalized spacial score (nSPS) is 15.8. The molecule has 1 aliphatic rings. The standard InChI is InChI=1S/C15H20FN3O2/c1-2-18-14(20)10-5-7-19(8-6-10)15(21)12-4-3-11(16)9-13(12)17/h3-4,9-10H,2,5-8,17H2,1H3,(H,18,20). The van der Waals surface area contributed by atoms with Gasteiger partial charge < -0.3 is 16.0 Å². The molecule has 0 radical (unpaired) electrons. The van der Waals surface area contributed by atoms with Crippen LogP contribution in [0.4, 0.5) is 10.1 Å². The van der Waals surface area contributed by atoms with E-state index in [9.17, 15) is 14.0 Å². The fourth-order valence-corrected chi connectivity index (χ4v) is 2.56. The van der Waals surface area contributed by atoms with Gasteiger partial charge in [0.25, 0.3) is 5.91 Å². The van der Waals surface area contributed by atoms with E-state index in [1.54, 1.807) is 4.90 Å². The second kappa shape index (κ2) is 6.56. The van der Waals surface area contributed by atoms with E-state index in [1.807, 2.05) is 6.92 Å². The van der Waals surface area contributed by atoms with Gasteiger partial charge in [-0.3, -0.25) is 9.59 Å². The van der Waals surface area contributed by atoms with Crippen molar-refractivity contribution < 1.29 is 14.0 Å². The van der Waals surface area contributed by atoms with Crippen molar-refractivity contribution in [2.75, 3.05) is 25.4 Å². The molecule has 1 aromatic rings. The predicted molar refractivity (Wildman–Crippen MR) is 78.1 cm³/mol. The SMILES string of the molecule is CCNC(=O)C1CCN(C(=O)c2ccc(F)cc2N)CC1. The van der Waals surface area contributed by atoms with Crippen molar-refractivity contribution in [3.05, 3.63) is 29.6 Å². The first-order valence-corrected chi connectivity index (χ1v) is 7.15. The van der Waals surface area contributed by atoms with Crippen LogP contribution in [0.25, 0.3) is 0 Å². The Hall–Kier alpha value is -2.11. The molecule has 2 amide bonds. The minimum absolute atomic E-state index is 0.0421. The Morgan fingerprint density at radius 1 is 1.38 bits per heavy atom. The second-order valence-electron chi connectivity index (χ2n) is 5.19. The van der Waals surface area contributed by atoms with Crippen molar-refractivity contribution in [2.45, 2.75) is 19.8 Å². The first-order valence-electron chi connectivity index (χ1n) is 7.15. The predicted octanol–water partition coefficient (Wildman–Crippen LogP) is 1.40. The van der Waals surface area contributed by atoms with E-state index in [0.717, 1.165) is 6.07 Å². The Morgan fingerprint density at radius 3 is 2.62 bits per heavy atom. The summed E-state index contributed by atoms with van der Waals surface area (Å²) in [5.74, 6) is -0.661. The van der Waals surface area contributed by atoms with E-state index in [1.165, 1.54) is 12.1 Å². The minimum atomic E-state index is -0.459. The topological polar surface area (TPSA) is 75.4 Å². The summed E-state index contributed by atoms with van der Waals surface area (Å²) in [7, 11) is 0. The number of hydrogen-bond acceptors (Lipinski definition) is 3. The first kappa shape index (κ1) is 15.3. The first-order chi connectivity index (χ1) is 10.0. The Kier molecular flexibility index (Phi) is 4.77. The fraction of sp³-hybridized carbons (Fsp3) is 0.467. The number of carbonyl (C=O) groups excluding carboxylic acids is 2. The van der Waals surface area contributed by atoms with Gasteiger partial charge in [0.2, 0.25) is 5.91 Å². The third-order valence-electron chi connectivity index (χ3n) is 3.75. The van der Waals surface area contributed by atoms with E-state index in [2.05, 4.69) is 5.32 Å². The molecule has 0 aliphatic carbocycles. The van der Waals surface area contributed by atoms with Crippen molar-refractivity contribution in [2.24, 2.45) is 5.92 Å². The number of nitrogens with one attached hydrogen (secondary N) is 1. The summed E-state index contributed by atoms with van der Waals surface area (Å²) < 4.78 is 13.0. The molecule has 0 saturated carbocycles. The fourth-order valence-electron chi connectivity index (χ4n) is 2.56. The highest BCUT2D eigenvalue weighted by molar-refractivity contribution is 5.99. The van der Waals surface area contributed by atoms with Gasteiger partial charge in [0.15, 0.2) is 0 Å². The summed E-state index contributed by atoms with van der Waals surface area (Å²) in [6.45, 7) is 3.52. The van der Waals surface area contributed by atoms with Gasteiger partial charge >= 0.3 is 0 Å². The molecule has 2 rings (SSSR count). The number of carbonyl (C=O) groups is 2. The summed E-state index contributed by atoms with van der Waals surface area (Å²) in [5.41, 5.74) is 6.15. The van der Waals surface area contributed by atoms with E-state index >= 15 is 0 Å². The molecule has 5 nitrogen and oxygen atoms in total. The molecule has 0 bridgehead atoms. The van der Waals surface area contributed by atoms with E-state index in [4.69, 9.17) is 5.73 Å². The molecule has 0 atom stereocenters. The third-order valence-corrected chi connectivity index (χ3v) is 3.75. The largest absolute Gasteiger partial charge is 0.398 e. The smallest absolute Gasteiger partial charge is 0.255 e. The molecule has 1 fully saturated rings. The lowest BCUT2D eigenvalue weighted by Crippen LogP contribution is -2.43. The van der Waals surface area contributed by atoms with Crippen molar-refractivity contribution in [1.29, 1.82) is 0 Å². The van der Waals surface area contributed by atoms with Crippen molar-refractivity contribution in [3.63, 3.8) is 0 Å². The van der Waals surface area contributed by atoms with Crippen LogP contribution in [-0.4, -0.2) is 36.3 Å². The Morgan fingerprint density at radius 2 is 2.05 bits per heavy atom. The van der Waals surface area contributed by atoms with Crippen LogP contribution in [0.2, 0.25) is 0 Å². The molecular formula is C15H20FN3O2. The van der Waals surface area contributed by atoms with Crippen molar-refractivity contribution in [1.82, 2.24) is 10.2 Å². The average Bonchev–Trinajstić information content (AvgIpc) is 2.47. The molecule has 114 valence electrons. The number of rotatable bonds is 3. The number of nitrogens with zero attached hydrogens (tertiary/aromatic N) is 1. The Bertz CT molecular complexity index is 540.